The summed E-state index contributed by atoms with van der Waals surface area (Å²) in [6.07, 6.45) is 6.43. The first-order chi connectivity index (χ1) is 12.1. The third kappa shape index (κ3) is 3.26. The number of benzene rings is 1. The summed E-state index contributed by atoms with van der Waals surface area (Å²) in [7, 11) is 0. The van der Waals surface area contributed by atoms with E-state index in [0.29, 0.717) is 24.4 Å². The molecule has 126 valence electrons. The summed E-state index contributed by atoms with van der Waals surface area (Å²) in [4.78, 5) is 18.8. The molecule has 2 aromatic heterocycles. The second-order valence-electron chi connectivity index (χ2n) is 5.81. The third-order valence-corrected chi connectivity index (χ3v) is 5.32. The summed E-state index contributed by atoms with van der Waals surface area (Å²) in [6, 6.07) is 9.89. The van der Waals surface area contributed by atoms with Crippen LogP contribution in [0, 0.1) is 0 Å². The first kappa shape index (κ1) is 16.5. The normalized spacial score (nSPS) is 14.6. The minimum atomic E-state index is -0.0657. The average molecular weight is 462 g/mol. The van der Waals surface area contributed by atoms with E-state index < -0.39 is 0 Å². The average Bonchev–Trinajstić information content (AvgIpc) is 3.05. The van der Waals surface area contributed by atoms with E-state index in [-0.39, 0.29) is 5.91 Å². The number of rotatable bonds is 2. The zero-order valence-electron chi connectivity index (χ0n) is 13.2. The van der Waals surface area contributed by atoms with Crippen molar-refractivity contribution in [1.82, 2.24) is 19.5 Å². The first-order valence-electron chi connectivity index (χ1n) is 7.86. The highest BCUT2D eigenvalue weighted by Gasteiger charge is 2.22. The second-order valence-corrected chi connectivity index (χ2v) is 7.58. The van der Waals surface area contributed by atoms with Crippen molar-refractivity contribution in [2.45, 2.75) is 6.42 Å². The molecule has 0 saturated carbocycles. The molecule has 0 N–H and O–H groups in total. The van der Waals surface area contributed by atoms with Crippen LogP contribution in [0.15, 0.2) is 57.7 Å². The van der Waals surface area contributed by atoms with Crippen molar-refractivity contribution in [2.75, 3.05) is 13.1 Å². The first-order valence-corrected chi connectivity index (χ1v) is 9.44. The van der Waals surface area contributed by atoms with E-state index in [9.17, 15) is 4.79 Å². The molecular weight excluding hydrogens is 448 g/mol. The Morgan fingerprint density at radius 1 is 1.20 bits per heavy atom. The fourth-order valence-electron chi connectivity index (χ4n) is 2.94. The van der Waals surface area contributed by atoms with E-state index >= 15 is 0 Å². The van der Waals surface area contributed by atoms with Gasteiger partial charge in [0.1, 0.15) is 0 Å². The van der Waals surface area contributed by atoms with Gasteiger partial charge < -0.3 is 4.90 Å². The Labute approximate surface area is 161 Å². The van der Waals surface area contributed by atoms with Crippen LogP contribution < -0.4 is 0 Å². The van der Waals surface area contributed by atoms with Gasteiger partial charge >= 0.3 is 0 Å². The summed E-state index contributed by atoms with van der Waals surface area (Å²) >= 11 is 6.95. The van der Waals surface area contributed by atoms with Gasteiger partial charge in [-0.15, -0.1) is 0 Å². The Bertz CT molecular complexity index is 996. The molecule has 1 aliphatic rings. The number of halogens is 2. The van der Waals surface area contributed by atoms with Crippen LogP contribution in [0.2, 0.25) is 0 Å². The smallest absolute Gasteiger partial charge is 0.274 e. The molecule has 0 bridgehead atoms. The van der Waals surface area contributed by atoms with Crippen molar-refractivity contribution in [3.8, 4) is 0 Å². The van der Waals surface area contributed by atoms with E-state index in [0.717, 1.165) is 15.4 Å². The van der Waals surface area contributed by atoms with Gasteiger partial charge in [0.15, 0.2) is 11.3 Å². The lowest BCUT2D eigenvalue weighted by atomic mass is 9.99. The molecular formula is C18H14Br2N4O. The lowest BCUT2D eigenvalue weighted by Gasteiger charge is -2.26. The molecule has 0 spiro atoms. The number of nitrogens with zero attached hydrogens (tertiary/aromatic N) is 4. The van der Waals surface area contributed by atoms with Gasteiger partial charge in [0, 0.05) is 36.0 Å². The monoisotopic (exact) mass is 460 g/mol. The topological polar surface area (TPSA) is 50.5 Å². The van der Waals surface area contributed by atoms with Crippen molar-refractivity contribution in [3.63, 3.8) is 0 Å². The van der Waals surface area contributed by atoms with Crippen LogP contribution >= 0.6 is 31.9 Å². The summed E-state index contributed by atoms with van der Waals surface area (Å²) in [5.41, 5.74) is 3.53. The maximum absolute atomic E-state index is 12.7. The van der Waals surface area contributed by atoms with Crippen molar-refractivity contribution in [3.05, 3.63) is 69.0 Å². The van der Waals surface area contributed by atoms with Crippen molar-refractivity contribution in [2.24, 2.45) is 0 Å². The van der Waals surface area contributed by atoms with Crippen LogP contribution in [0.1, 0.15) is 22.5 Å². The van der Waals surface area contributed by atoms with Gasteiger partial charge in [-0.2, -0.15) is 5.10 Å². The standard InChI is InChI=1S/C18H14Br2N4O/c19-13-10-21-17-9-16(22-24(17)11-13)18(25)23-7-5-12(6-8-23)14-3-1-2-4-15(14)20/h1-5,9-11H,6-8H2. The summed E-state index contributed by atoms with van der Waals surface area (Å²) in [5, 5.41) is 4.34. The largest absolute Gasteiger partial charge is 0.333 e. The minimum Gasteiger partial charge on any atom is -0.333 e. The highest BCUT2D eigenvalue weighted by Crippen LogP contribution is 2.29. The summed E-state index contributed by atoms with van der Waals surface area (Å²) in [5.74, 6) is -0.0657. The predicted octanol–water partition coefficient (Wildman–Crippen LogP) is 4.18. The number of carbonyl (C=O) groups is 1. The van der Waals surface area contributed by atoms with Crippen LogP contribution in [0.4, 0.5) is 0 Å². The molecule has 0 saturated heterocycles. The van der Waals surface area contributed by atoms with Gasteiger partial charge in [-0.25, -0.2) is 9.50 Å². The predicted molar refractivity (Wildman–Crippen MR) is 103 cm³/mol. The van der Waals surface area contributed by atoms with Gasteiger partial charge in [-0.1, -0.05) is 40.2 Å². The van der Waals surface area contributed by atoms with Crippen molar-refractivity contribution < 1.29 is 4.79 Å². The van der Waals surface area contributed by atoms with Crippen LogP contribution in [-0.2, 0) is 0 Å². The molecule has 1 aliphatic heterocycles. The maximum atomic E-state index is 12.7. The van der Waals surface area contributed by atoms with E-state index in [2.05, 4.69) is 54.1 Å². The zero-order valence-corrected chi connectivity index (χ0v) is 16.4. The fraction of sp³-hybridized carbons (Fsp3) is 0.167. The summed E-state index contributed by atoms with van der Waals surface area (Å²) < 4.78 is 3.52. The van der Waals surface area contributed by atoms with Crippen molar-refractivity contribution >= 4 is 49.0 Å². The maximum Gasteiger partial charge on any atom is 0.274 e. The molecule has 3 aromatic rings. The van der Waals surface area contributed by atoms with Crippen LogP contribution in [0.5, 0.6) is 0 Å². The quantitative estimate of drug-likeness (QED) is 0.575. The molecule has 1 amide bonds. The van der Waals surface area contributed by atoms with Gasteiger partial charge in [0.05, 0.1) is 4.47 Å². The molecule has 7 heteroatoms. The fourth-order valence-corrected chi connectivity index (χ4v) is 3.78. The van der Waals surface area contributed by atoms with E-state index in [4.69, 9.17) is 0 Å². The van der Waals surface area contributed by atoms with Gasteiger partial charge in [0.2, 0.25) is 0 Å². The third-order valence-electron chi connectivity index (χ3n) is 4.22. The second kappa shape index (κ2) is 6.72. The van der Waals surface area contributed by atoms with Gasteiger partial charge in [-0.05, 0) is 39.6 Å². The lowest BCUT2D eigenvalue weighted by Crippen LogP contribution is -2.35. The molecule has 4 rings (SSSR count). The molecule has 25 heavy (non-hydrogen) atoms. The molecule has 0 unspecified atom stereocenters. The Balaban J connectivity index is 1.55. The Morgan fingerprint density at radius 3 is 2.80 bits per heavy atom. The SMILES string of the molecule is O=C(c1cc2ncc(Br)cn2n1)N1CC=C(c2ccccc2Br)CC1. The van der Waals surface area contributed by atoms with E-state index in [1.807, 2.05) is 23.1 Å². The number of carbonyl (C=O) groups excluding carboxylic acids is 1. The Hall–Kier alpha value is -1.99. The highest BCUT2D eigenvalue weighted by atomic mass is 79.9. The number of hydrogen-bond acceptors (Lipinski definition) is 3. The number of amides is 1. The molecule has 0 aliphatic carbocycles. The van der Waals surface area contributed by atoms with Crippen LogP contribution in [-0.4, -0.2) is 38.5 Å². The van der Waals surface area contributed by atoms with Crippen LogP contribution in [0.3, 0.4) is 0 Å². The number of aromatic nitrogens is 3. The minimum absolute atomic E-state index is 0.0657. The van der Waals surface area contributed by atoms with E-state index in [1.165, 1.54) is 11.1 Å². The van der Waals surface area contributed by atoms with Crippen molar-refractivity contribution in [1.29, 1.82) is 0 Å². The number of hydrogen-bond donors (Lipinski definition) is 0. The van der Waals surface area contributed by atoms with Gasteiger partial charge in [0.25, 0.3) is 5.91 Å². The summed E-state index contributed by atoms with van der Waals surface area (Å²) in [6.45, 7) is 1.26. The van der Waals surface area contributed by atoms with E-state index in [1.54, 1.807) is 23.0 Å². The molecule has 0 radical (unpaired) electrons. The van der Waals surface area contributed by atoms with Gasteiger partial charge in [-0.3, -0.25) is 4.79 Å². The highest BCUT2D eigenvalue weighted by molar-refractivity contribution is 9.10. The Morgan fingerprint density at radius 2 is 2.04 bits per heavy atom. The number of fused-ring (bicyclic) bond motifs is 1. The molecule has 1 aromatic carbocycles. The Kier molecular flexibility index (Phi) is 4.43. The molecule has 5 nitrogen and oxygen atoms in total. The zero-order chi connectivity index (χ0) is 17.4. The lowest BCUT2D eigenvalue weighted by molar-refractivity contribution is 0.0766. The molecule has 0 atom stereocenters. The molecule has 0 fully saturated rings. The van der Waals surface area contributed by atoms with Crippen LogP contribution in [0.25, 0.3) is 11.2 Å². The molecule has 3 heterocycles.